The van der Waals surface area contributed by atoms with Gasteiger partial charge in [0.15, 0.2) is 17.1 Å². The van der Waals surface area contributed by atoms with Crippen LogP contribution in [-0.4, -0.2) is 46.4 Å². The van der Waals surface area contributed by atoms with Crippen LogP contribution in [0, 0.1) is 6.92 Å². The van der Waals surface area contributed by atoms with E-state index >= 15 is 0 Å². The summed E-state index contributed by atoms with van der Waals surface area (Å²) in [6.07, 6.45) is 1.19. The van der Waals surface area contributed by atoms with Gasteiger partial charge in [0, 0.05) is 17.6 Å². The minimum absolute atomic E-state index is 0.0288. The maximum Gasteiger partial charge on any atom is 0.343 e. The first-order chi connectivity index (χ1) is 17.1. The van der Waals surface area contributed by atoms with Crippen molar-refractivity contribution < 1.29 is 19.0 Å². The summed E-state index contributed by atoms with van der Waals surface area (Å²) in [5.41, 5.74) is 1.09. The molecule has 2 aromatic carbocycles. The van der Waals surface area contributed by atoms with E-state index in [1.165, 1.54) is 6.20 Å². The number of nitrogens with one attached hydrogen (secondary N) is 1. The maximum absolute atomic E-state index is 13.2. The minimum Gasteiger partial charge on any atom is -0.486 e. The molecule has 4 aromatic rings. The number of nitrogens with zero attached hydrogens (tertiary/aromatic N) is 3. The summed E-state index contributed by atoms with van der Waals surface area (Å²) in [6, 6.07) is 16.9. The highest BCUT2D eigenvalue weighted by molar-refractivity contribution is 5.95. The molecule has 9 nitrogen and oxygen atoms in total. The predicted octanol–water partition coefficient (Wildman–Crippen LogP) is 3.52. The molecule has 9 heteroatoms. The third-order valence-corrected chi connectivity index (χ3v) is 5.70. The van der Waals surface area contributed by atoms with E-state index in [2.05, 4.69) is 15.3 Å². The van der Waals surface area contributed by atoms with Crippen molar-refractivity contribution in [3.8, 4) is 17.2 Å². The van der Waals surface area contributed by atoms with Crippen LogP contribution in [-0.2, 0) is 4.74 Å². The fraction of sp³-hybridized carbons (Fsp3) is 0.231. The number of carbonyl (C=O) groups excluding carboxylic acids is 1. The zero-order valence-corrected chi connectivity index (χ0v) is 19.4. The molecule has 0 saturated carbocycles. The van der Waals surface area contributed by atoms with Crippen LogP contribution in [0.1, 0.15) is 23.0 Å². The molecule has 5 rings (SSSR count). The van der Waals surface area contributed by atoms with Gasteiger partial charge in [0.2, 0.25) is 11.4 Å². The second-order valence-corrected chi connectivity index (χ2v) is 7.99. The molecule has 0 spiro atoms. The molecule has 178 valence electrons. The molecular formula is C26H24N4O5. The molecule has 0 saturated heterocycles. The number of pyridine rings is 1. The van der Waals surface area contributed by atoms with Crippen LogP contribution in [0.3, 0.4) is 0 Å². The minimum atomic E-state index is -0.668. The number of anilines is 1. The third kappa shape index (κ3) is 4.28. The zero-order chi connectivity index (χ0) is 24.4. The number of rotatable bonds is 6. The van der Waals surface area contributed by atoms with Crippen LogP contribution in [0.4, 0.5) is 5.95 Å². The average Bonchev–Trinajstić information content (AvgIpc) is 2.88. The van der Waals surface area contributed by atoms with Gasteiger partial charge in [-0.2, -0.15) is 4.98 Å². The smallest absolute Gasteiger partial charge is 0.343 e. The molecular weight excluding hydrogens is 448 g/mol. The Morgan fingerprint density at radius 2 is 1.89 bits per heavy atom. The van der Waals surface area contributed by atoms with Crippen LogP contribution in [0.5, 0.6) is 11.5 Å². The first-order valence-electron chi connectivity index (χ1n) is 11.3. The number of hydrogen-bond donors (Lipinski definition) is 1. The largest absolute Gasteiger partial charge is 0.486 e. The van der Waals surface area contributed by atoms with Crippen LogP contribution in [0.25, 0.3) is 16.7 Å². The Balaban J connectivity index is 1.52. The molecule has 35 heavy (non-hydrogen) atoms. The molecule has 1 atom stereocenters. The van der Waals surface area contributed by atoms with Crippen molar-refractivity contribution >= 4 is 23.0 Å². The van der Waals surface area contributed by atoms with Crippen molar-refractivity contribution in [3.63, 3.8) is 0 Å². The number of benzene rings is 2. The number of ether oxygens (including phenoxy) is 3. The second kappa shape index (κ2) is 9.46. The zero-order valence-electron chi connectivity index (χ0n) is 19.4. The summed E-state index contributed by atoms with van der Waals surface area (Å²) < 4.78 is 18.7. The predicted molar refractivity (Wildman–Crippen MR) is 131 cm³/mol. The van der Waals surface area contributed by atoms with E-state index in [0.717, 1.165) is 5.69 Å². The number of aromatic nitrogens is 3. The summed E-state index contributed by atoms with van der Waals surface area (Å²) in [6.45, 7) is 4.35. The Kier molecular flexibility index (Phi) is 6.05. The van der Waals surface area contributed by atoms with Gasteiger partial charge in [-0.25, -0.2) is 9.78 Å². The second-order valence-electron chi connectivity index (χ2n) is 7.99. The molecule has 0 fully saturated rings. The Hall–Kier alpha value is -4.40. The molecule has 3 heterocycles. The van der Waals surface area contributed by atoms with Gasteiger partial charge in [-0.3, -0.25) is 9.36 Å². The number of esters is 1. The topological polar surface area (TPSA) is 105 Å². The first-order valence-corrected chi connectivity index (χ1v) is 11.3. The van der Waals surface area contributed by atoms with Gasteiger partial charge in [0.1, 0.15) is 18.3 Å². The molecule has 0 amide bonds. The lowest BCUT2D eigenvalue weighted by Crippen LogP contribution is -2.35. The van der Waals surface area contributed by atoms with E-state index in [0.29, 0.717) is 41.9 Å². The summed E-state index contributed by atoms with van der Waals surface area (Å²) in [5.74, 6) is 1.06. The van der Waals surface area contributed by atoms with Crippen molar-refractivity contribution in [2.45, 2.75) is 20.0 Å². The molecule has 1 unspecified atom stereocenters. The fourth-order valence-electron chi connectivity index (χ4n) is 4.06. The number of fused-ring (bicyclic) bond motifs is 2. The Bertz CT molecular complexity index is 1450. The van der Waals surface area contributed by atoms with E-state index in [4.69, 9.17) is 14.2 Å². The van der Waals surface area contributed by atoms with Crippen molar-refractivity contribution in [2.75, 3.05) is 25.1 Å². The summed E-state index contributed by atoms with van der Waals surface area (Å²) in [5, 5.41) is 3.40. The van der Waals surface area contributed by atoms with Crippen LogP contribution in [0.2, 0.25) is 0 Å². The van der Waals surface area contributed by atoms with Crippen LogP contribution >= 0.6 is 0 Å². The SMILES string of the molecule is CCOC(=O)c1c(C)n(-c2ccccc2)c2nc(NCC3COc4ccccc4O3)ncc2c1=O. The first kappa shape index (κ1) is 22.4. The summed E-state index contributed by atoms with van der Waals surface area (Å²) >= 11 is 0. The Morgan fingerprint density at radius 1 is 1.14 bits per heavy atom. The lowest BCUT2D eigenvalue weighted by Gasteiger charge is -2.26. The lowest BCUT2D eigenvalue weighted by atomic mass is 10.1. The van der Waals surface area contributed by atoms with Gasteiger partial charge in [-0.05, 0) is 38.1 Å². The molecule has 1 aliphatic rings. The molecule has 0 radical (unpaired) electrons. The highest BCUT2D eigenvalue weighted by atomic mass is 16.6. The quantitative estimate of drug-likeness (QED) is 0.425. The Morgan fingerprint density at radius 3 is 2.66 bits per heavy atom. The molecule has 2 aromatic heterocycles. The highest BCUT2D eigenvalue weighted by Crippen LogP contribution is 2.31. The lowest BCUT2D eigenvalue weighted by molar-refractivity contribution is 0.0523. The molecule has 0 aliphatic carbocycles. The number of hydrogen-bond acceptors (Lipinski definition) is 8. The molecule has 1 aliphatic heterocycles. The van der Waals surface area contributed by atoms with E-state index in [-0.39, 0.29) is 23.7 Å². The van der Waals surface area contributed by atoms with Gasteiger partial charge in [-0.1, -0.05) is 30.3 Å². The fourth-order valence-corrected chi connectivity index (χ4v) is 4.06. The number of para-hydroxylation sites is 3. The average molecular weight is 473 g/mol. The normalized spacial score (nSPS) is 14.5. The Labute approximate surface area is 201 Å². The standard InChI is InChI=1S/C26H24N4O5/c1-3-33-25(32)22-16(2)30(17-9-5-4-6-10-17)24-19(23(22)31)14-28-26(29-24)27-13-18-15-34-20-11-7-8-12-21(20)35-18/h4-12,14,18H,3,13,15H2,1-2H3,(H,27,28,29). The van der Waals surface area contributed by atoms with Crippen molar-refractivity contribution in [1.29, 1.82) is 0 Å². The number of carbonyl (C=O) groups is 1. The van der Waals surface area contributed by atoms with Gasteiger partial charge in [0.25, 0.3) is 0 Å². The van der Waals surface area contributed by atoms with Crippen molar-refractivity contribution in [1.82, 2.24) is 14.5 Å². The van der Waals surface area contributed by atoms with Gasteiger partial charge in [0.05, 0.1) is 18.5 Å². The van der Waals surface area contributed by atoms with Gasteiger partial charge in [-0.15, -0.1) is 0 Å². The summed E-state index contributed by atoms with van der Waals surface area (Å²) in [4.78, 5) is 34.8. The maximum atomic E-state index is 13.2. The van der Waals surface area contributed by atoms with E-state index < -0.39 is 11.4 Å². The van der Waals surface area contributed by atoms with E-state index in [9.17, 15) is 9.59 Å². The van der Waals surface area contributed by atoms with Crippen LogP contribution < -0.4 is 20.2 Å². The van der Waals surface area contributed by atoms with Gasteiger partial charge >= 0.3 is 5.97 Å². The molecule has 1 N–H and O–H groups in total. The van der Waals surface area contributed by atoms with Crippen LogP contribution in [0.15, 0.2) is 65.6 Å². The van der Waals surface area contributed by atoms with Crippen molar-refractivity contribution in [2.24, 2.45) is 0 Å². The van der Waals surface area contributed by atoms with E-state index in [1.54, 1.807) is 18.4 Å². The van der Waals surface area contributed by atoms with E-state index in [1.807, 2.05) is 54.6 Å². The third-order valence-electron chi connectivity index (χ3n) is 5.70. The molecule has 0 bridgehead atoms. The highest BCUT2D eigenvalue weighted by Gasteiger charge is 2.24. The van der Waals surface area contributed by atoms with Gasteiger partial charge < -0.3 is 19.5 Å². The summed E-state index contributed by atoms with van der Waals surface area (Å²) in [7, 11) is 0. The van der Waals surface area contributed by atoms with Crippen molar-refractivity contribution in [3.05, 3.63) is 82.3 Å². The monoisotopic (exact) mass is 472 g/mol.